The predicted octanol–water partition coefficient (Wildman–Crippen LogP) is 1.61. The smallest absolute Gasteiger partial charge is 0.0647 e. The van der Waals surface area contributed by atoms with Gasteiger partial charge in [0, 0.05) is 39.1 Å². The molecule has 0 aliphatic rings. The van der Waals surface area contributed by atoms with Crippen LogP contribution in [0, 0.1) is 16.7 Å². The number of nitriles is 1. The predicted molar refractivity (Wildman–Crippen MR) is 32.5 cm³/mol. The van der Waals surface area contributed by atoms with Crippen LogP contribution < -0.4 is 0 Å². The molecule has 3 heteroatoms. The zero-order chi connectivity index (χ0) is 5.82. The Kier molecular flexibility index (Phi) is 5.28. The van der Waals surface area contributed by atoms with E-state index in [4.69, 9.17) is 5.26 Å². The summed E-state index contributed by atoms with van der Waals surface area (Å²) in [5.74, 6) is 0. The molecular formula is C6H4NSY-. The summed E-state index contributed by atoms with van der Waals surface area (Å²) in [6, 6.07) is 3.96. The van der Waals surface area contributed by atoms with Crippen molar-refractivity contribution in [1.29, 1.82) is 5.26 Å². The van der Waals surface area contributed by atoms with Gasteiger partial charge in [-0.1, -0.05) is 0 Å². The summed E-state index contributed by atoms with van der Waals surface area (Å²) in [6.45, 7) is 0. The maximum Gasteiger partial charge on any atom is 0.0647 e. The van der Waals surface area contributed by atoms with Crippen molar-refractivity contribution >= 4 is 11.3 Å². The maximum atomic E-state index is 8.17. The van der Waals surface area contributed by atoms with Crippen LogP contribution >= 0.6 is 11.3 Å². The van der Waals surface area contributed by atoms with Gasteiger partial charge in [0.15, 0.2) is 0 Å². The zero-order valence-electron chi connectivity index (χ0n) is 4.79. The largest absolute Gasteiger partial charge is 0.303 e. The van der Waals surface area contributed by atoms with Gasteiger partial charge in [0.05, 0.1) is 6.07 Å². The fourth-order valence-corrected chi connectivity index (χ4v) is 1.03. The van der Waals surface area contributed by atoms with Crippen LogP contribution in [0.3, 0.4) is 0 Å². The zero-order valence-corrected chi connectivity index (χ0v) is 8.45. The minimum atomic E-state index is 0. The van der Waals surface area contributed by atoms with Crippen molar-refractivity contribution in [1.82, 2.24) is 0 Å². The summed E-state index contributed by atoms with van der Waals surface area (Å²) >= 11 is 1.50. The monoisotopic (exact) mass is 211 g/mol. The maximum absolute atomic E-state index is 8.17. The third-order valence-corrected chi connectivity index (χ3v) is 1.45. The number of hydrogen-bond donors (Lipinski definition) is 0. The van der Waals surface area contributed by atoms with Crippen LogP contribution in [-0.4, -0.2) is 0 Å². The van der Waals surface area contributed by atoms with E-state index in [1.54, 1.807) is 0 Å². The first-order chi connectivity index (χ1) is 3.93. The molecule has 0 fully saturated rings. The van der Waals surface area contributed by atoms with E-state index < -0.39 is 0 Å². The van der Waals surface area contributed by atoms with Gasteiger partial charge < -0.3 is 11.3 Å². The van der Waals surface area contributed by atoms with Gasteiger partial charge in [0.1, 0.15) is 0 Å². The normalized spacial score (nSPS) is 7.44. The molecule has 1 aromatic heterocycles. The molecule has 0 atom stereocenters. The quantitative estimate of drug-likeness (QED) is 0.647. The molecule has 0 amide bonds. The Morgan fingerprint density at radius 3 is 3.00 bits per heavy atom. The standard InChI is InChI=1S/C6H4NS.Y/c7-3-1-6-2-4-8-5-6;/h2,4H,1H2;/q-1;. The van der Waals surface area contributed by atoms with Gasteiger partial charge in [-0.3, -0.25) is 0 Å². The average Bonchev–Trinajstić information content (AvgIpc) is 2.19. The number of thiophene rings is 1. The van der Waals surface area contributed by atoms with Crippen molar-refractivity contribution in [2.45, 2.75) is 6.42 Å². The molecule has 1 heterocycles. The van der Waals surface area contributed by atoms with E-state index in [0.29, 0.717) is 6.42 Å². The molecule has 0 saturated carbocycles. The van der Waals surface area contributed by atoms with Crippen molar-refractivity contribution in [3.63, 3.8) is 0 Å². The van der Waals surface area contributed by atoms with E-state index in [1.165, 1.54) is 11.3 Å². The van der Waals surface area contributed by atoms with Gasteiger partial charge in [-0.25, -0.2) is 0 Å². The van der Waals surface area contributed by atoms with Crippen molar-refractivity contribution < 1.29 is 32.7 Å². The van der Waals surface area contributed by atoms with Gasteiger partial charge in [0.25, 0.3) is 0 Å². The van der Waals surface area contributed by atoms with E-state index in [9.17, 15) is 0 Å². The van der Waals surface area contributed by atoms with Crippen LogP contribution in [0.1, 0.15) is 5.56 Å². The fourth-order valence-electron chi connectivity index (χ4n) is 0.440. The molecule has 1 radical (unpaired) electrons. The van der Waals surface area contributed by atoms with Crippen LogP contribution in [-0.2, 0) is 39.1 Å². The van der Waals surface area contributed by atoms with Crippen molar-refractivity contribution in [3.8, 4) is 6.07 Å². The number of hydrogen-bond acceptors (Lipinski definition) is 2. The van der Waals surface area contributed by atoms with Crippen LogP contribution in [0.2, 0.25) is 0 Å². The van der Waals surface area contributed by atoms with E-state index in [-0.39, 0.29) is 32.7 Å². The SMILES string of the molecule is N#CCc1[c-]scc1.[Y]. The average molecular weight is 211 g/mol. The van der Waals surface area contributed by atoms with Gasteiger partial charge >= 0.3 is 0 Å². The van der Waals surface area contributed by atoms with E-state index in [0.717, 1.165) is 5.56 Å². The number of nitrogens with zero attached hydrogens (tertiary/aromatic N) is 1. The number of rotatable bonds is 1. The first-order valence-corrected chi connectivity index (χ1v) is 3.12. The van der Waals surface area contributed by atoms with Crippen LogP contribution in [0.25, 0.3) is 0 Å². The third-order valence-electron chi connectivity index (χ3n) is 0.797. The summed E-state index contributed by atoms with van der Waals surface area (Å²) < 4.78 is 0. The summed E-state index contributed by atoms with van der Waals surface area (Å²) in [5, 5.41) is 13.1. The Morgan fingerprint density at radius 2 is 2.56 bits per heavy atom. The van der Waals surface area contributed by atoms with Gasteiger partial charge in [-0.2, -0.15) is 16.7 Å². The second-order valence-electron chi connectivity index (χ2n) is 1.38. The molecule has 0 N–H and O–H groups in total. The molecule has 43 valence electrons. The molecule has 0 aliphatic carbocycles. The molecule has 0 aromatic carbocycles. The van der Waals surface area contributed by atoms with Crippen LogP contribution in [0.15, 0.2) is 11.4 Å². The molecule has 9 heavy (non-hydrogen) atoms. The molecule has 0 spiro atoms. The Labute approximate surface area is 83.6 Å². The third kappa shape index (κ3) is 3.10. The topological polar surface area (TPSA) is 23.8 Å². The first-order valence-electron chi connectivity index (χ1n) is 2.24. The van der Waals surface area contributed by atoms with Crippen molar-refractivity contribution in [2.24, 2.45) is 0 Å². The Bertz CT molecular complexity index is 187. The molecule has 0 bridgehead atoms. The second kappa shape index (κ2) is 5.11. The molecule has 1 rings (SSSR count). The van der Waals surface area contributed by atoms with E-state index in [2.05, 4.69) is 5.38 Å². The van der Waals surface area contributed by atoms with E-state index in [1.807, 2.05) is 17.5 Å². The fraction of sp³-hybridized carbons (Fsp3) is 0.167. The summed E-state index contributed by atoms with van der Waals surface area (Å²) in [4.78, 5) is 0. The Morgan fingerprint density at radius 1 is 1.78 bits per heavy atom. The molecule has 0 aliphatic heterocycles. The Balaban J connectivity index is 0.000000640. The van der Waals surface area contributed by atoms with Crippen LogP contribution in [0.4, 0.5) is 0 Å². The molecule has 1 nitrogen and oxygen atoms in total. The molecular weight excluding hydrogens is 207 g/mol. The summed E-state index contributed by atoms with van der Waals surface area (Å²) in [6.07, 6.45) is 0.490. The first kappa shape index (κ1) is 9.29. The molecule has 0 unspecified atom stereocenters. The van der Waals surface area contributed by atoms with Gasteiger partial charge in [-0.05, 0) is 0 Å². The van der Waals surface area contributed by atoms with Crippen LogP contribution in [0.5, 0.6) is 0 Å². The van der Waals surface area contributed by atoms with Crippen molar-refractivity contribution in [2.75, 3.05) is 0 Å². The van der Waals surface area contributed by atoms with Gasteiger partial charge in [0.2, 0.25) is 0 Å². The summed E-state index contributed by atoms with van der Waals surface area (Å²) in [5.41, 5.74) is 0.998. The Hall–Kier alpha value is 0.294. The van der Waals surface area contributed by atoms with E-state index >= 15 is 0 Å². The van der Waals surface area contributed by atoms with Gasteiger partial charge in [-0.15, -0.1) is 10.9 Å². The second-order valence-corrected chi connectivity index (χ2v) is 2.09. The van der Waals surface area contributed by atoms with Crippen molar-refractivity contribution in [3.05, 3.63) is 22.4 Å². The molecule has 0 saturated heterocycles. The minimum absolute atomic E-state index is 0. The minimum Gasteiger partial charge on any atom is -0.303 e. The molecule has 1 aromatic rings. The summed E-state index contributed by atoms with van der Waals surface area (Å²) in [7, 11) is 0.